The van der Waals surface area contributed by atoms with Gasteiger partial charge in [0.25, 0.3) is 0 Å². The second-order valence-corrected chi connectivity index (χ2v) is 3.78. The maximum Gasteiger partial charge on any atom is 0.0899 e. The molecule has 2 rings (SSSR count). The summed E-state index contributed by atoms with van der Waals surface area (Å²) in [7, 11) is 0. The Balaban J connectivity index is 2.42. The third-order valence-corrected chi connectivity index (χ3v) is 2.79. The fraction of sp³-hybridized carbons (Fsp3) is 0.231. The van der Waals surface area contributed by atoms with Crippen molar-refractivity contribution in [3.05, 3.63) is 59.7 Å². The zero-order valence-corrected chi connectivity index (χ0v) is 9.80. The molecule has 0 saturated carbocycles. The first kappa shape index (κ1) is 11.7. The summed E-state index contributed by atoms with van der Waals surface area (Å²) in [6.07, 6.45) is 6.03. The van der Waals surface area contributed by atoms with Gasteiger partial charge in [-0.15, -0.1) is 0 Å². The lowest BCUT2D eigenvalue weighted by Gasteiger charge is -2.18. The first-order chi connectivity index (χ1) is 8.36. The average molecular weight is 228 g/mol. The molecule has 0 bridgehead atoms. The molecule has 2 aromatic rings. The van der Waals surface area contributed by atoms with E-state index in [1.54, 1.807) is 18.6 Å². The number of hydrogen-bond acceptors (Lipinski definition) is 4. The van der Waals surface area contributed by atoms with Crippen LogP contribution in [0.1, 0.15) is 29.8 Å². The van der Waals surface area contributed by atoms with Gasteiger partial charge in [0.05, 0.1) is 17.9 Å². The molecule has 1 heterocycles. The van der Waals surface area contributed by atoms with Crippen LogP contribution in [0, 0.1) is 0 Å². The number of rotatable bonds is 4. The van der Waals surface area contributed by atoms with Gasteiger partial charge in [-0.2, -0.15) is 0 Å². The molecule has 0 radical (unpaired) electrons. The standard InChI is InChI=1S/C13H16N4/c1-2-10-5-3-4-6-11(10)13(17-14)12-9-15-7-8-16-12/h3-9,13,17H,2,14H2,1H3. The van der Waals surface area contributed by atoms with E-state index in [2.05, 4.69) is 34.5 Å². The molecule has 0 aliphatic carbocycles. The molecule has 0 fully saturated rings. The van der Waals surface area contributed by atoms with E-state index >= 15 is 0 Å². The molecule has 0 aliphatic rings. The summed E-state index contributed by atoms with van der Waals surface area (Å²) in [5, 5.41) is 0. The smallest absolute Gasteiger partial charge is 0.0899 e. The summed E-state index contributed by atoms with van der Waals surface area (Å²) >= 11 is 0. The second-order valence-electron chi connectivity index (χ2n) is 3.78. The van der Waals surface area contributed by atoms with Crippen LogP contribution in [0.5, 0.6) is 0 Å². The van der Waals surface area contributed by atoms with E-state index in [1.807, 2.05) is 12.1 Å². The van der Waals surface area contributed by atoms with E-state index in [0.717, 1.165) is 17.7 Å². The van der Waals surface area contributed by atoms with E-state index in [4.69, 9.17) is 5.84 Å². The van der Waals surface area contributed by atoms with Crippen LogP contribution in [-0.4, -0.2) is 9.97 Å². The van der Waals surface area contributed by atoms with E-state index in [-0.39, 0.29) is 6.04 Å². The summed E-state index contributed by atoms with van der Waals surface area (Å²) in [6, 6.07) is 8.11. The molecule has 4 nitrogen and oxygen atoms in total. The first-order valence-electron chi connectivity index (χ1n) is 5.66. The molecule has 0 spiro atoms. The molecule has 1 aromatic carbocycles. The van der Waals surface area contributed by atoms with Gasteiger partial charge in [-0.05, 0) is 17.5 Å². The van der Waals surface area contributed by atoms with Crippen molar-refractivity contribution in [1.29, 1.82) is 0 Å². The number of benzene rings is 1. The molecular weight excluding hydrogens is 212 g/mol. The van der Waals surface area contributed by atoms with Crippen molar-refractivity contribution in [2.45, 2.75) is 19.4 Å². The maximum absolute atomic E-state index is 5.64. The molecule has 0 aliphatic heterocycles. The zero-order valence-electron chi connectivity index (χ0n) is 9.80. The zero-order chi connectivity index (χ0) is 12.1. The van der Waals surface area contributed by atoms with Gasteiger partial charge in [-0.3, -0.25) is 15.8 Å². The summed E-state index contributed by atoms with van der Waals surface area (Å²) in [4.78, 5) is 8.37. The minimum absolute atomic E-state index is 0.111. The summed E-state index contributed by atoms with van der Waals surface area (Å²) < 4.78 is 0. The summed E-state index contributed by atoms with van der Waals surface area (Å²) in [5.41, 5.74) is 6.05. The fourth-order valence-electron chi connectivity index (χ4n) is 1.93. The van der Waals surface area contributed by atoms with Gasteiger partial charge in [0.2, 0.25) is 0 Å². The lowest BCUT2D eigenvalue weighted by atomic mass is 9.97. The number of nitrogens with zero attached hydrogens (tertiary/aromatic N) is 2. The predicted molar refractivity (Wildman–Crippen MR) is 67.0 cm³/mol. The Labute approximate surface area is 101 Å². The van der Waals surface area contributed by atoms with Crippen LogP contribution in [0.25, 0.3) is 0 Å². The maximum atomic E-state index is 5.64. The summed E-state index contributed by atoms with van der Waals surface area (Å²) in [5.74, 6) is 5.64. The van der Waals surface area contributed by atoms with E-state index in [9.17, 15) is 0 Å². The summed E-state index contributed by atoms with van der Waals surface area (Å²) in [6.45, 7) is 2.13. The van der Waals surface area contributed by atoms with Gasteiger partial charge in [-0.25, -0.2) is 5.43 Å². The Hall–Kier alpha value is -1.78. The van der Waals surface area contributed by atoms with Gasteiger partial charge in [-0.1, -0.05) is 31.2 Å². The molecule has 1 aromatic heterocycles. The SMILES string of the molecule is CCc1ccccc1C(NN)c1cnccn1. The highest BCUT2D eigenvalue weighted by Gasteiger charge is 2.16. The molecule has 1 atom stereocenters. The number of nitrogens with one attached hydrogen (secondary N) is 1. The molecule has 88 valence electrons. The Morgan fingerprint density at radius 3 is 2.76 bits per heavy atom. The van der Waals surface area contributed by atoms with Crippen LogP contribution in [0.15, 0.2) is 42.9 Å². The van der Waals surface area contributed by atoms with Gasteiger partial charge < -0.3 is 0 Å². The molecule has 17 heavy (non-hydrogen) atoms. The van der Waals surface area contributed by atoms with Crippen LogP contribution >= 0.6 is 0 Å². The second kappa shape index (κ2) is 5.52. The molecule has 0 saturated heterocycles. The van der Waals surface area contributed by atoms with Crippen molar-refractivity contribution < 1.29 is 0 Å². The molecule has 1 unspecified atom stereocenters. The number of aromatic nitrogens is 2. The van der Waals surface area contributed by atoms with Crippen molar-refractivity contribution in [2.24, 2.45) is 5.84 Å². The Morgan fingerprint density at radius 1 is 1.29 bits per heavy atom. The van der Waals surface area contributed by atoms with Crippen molar-refractivity contribution in [2.75, 3.05) is 0 Å². The third kappa shape index (κ3) is 2.49. The van der Waals surface area contributed by atoms with Crippen molar-refractivity contribution >= 4 is 0 Å². The normalized spacial score (nSPS) is 12.4. The van der Waals surface area contributed by atoms with Gasteiger partial charge >= 0.3 is 0 Å². The quantitative estimate of drug-likeness (QED) is 0.616. The largest absolute Gasteiger partial charge is 0.271 e. The topological polar surface area (TPSA) is 63.8 Å². The number of hydrazine groups is 1. The van der Waals surface area contributed by atoms with E-state index < -0.39 is 0 Å². The monoisotopic (exact) mass is 228 g/mol. The van der Waals surface area contributed by atoms with Crippen molar-refractivity contribution in [3.63, 3.8) is 0 Å². The van der Waals surface area contributed by atoms with Gasteiger partial charge in [0, 0.05) is 12.4 Å². The first-order valence-corrected chi connectivity index (χ1v) is 5.66. The van der Waals surface area contributed by atoms with Crippen LogP contribution in [0.2, 0.25) is 0 Å². The fourth-order valence-corrected chi connectivity index (χ4v) is 1.93. The molecule has 3 N–H and O–H groups in total. The Kier molecular flexibility index (Phi) is 3.80. The highest BCUT2D eigenvalue weighted by molar-refractivity contribution is 5.34. The Morgan fingerprint density at radius 2 is 2.12 bits per heavy atom. The Bertz CT molecular complexity index is 470. The van der Waals surface area contributed by atoms with E-state index in [0.29, 0.717) is 0 Å². The minimum Gasteiger partial charge on any atom is -0.271 e. The van der Waals surface area contributed by atoms with Crippen molar-refractivity contribution in [1.82, 2.24) is 15.4 Å². The lowest BCUT2D eigenvalue weighted by molar-refractivity contribution is 0.612. The highest BCUT2D eigenvalue weighted by Crippen LogP contribution is 2.22. The van der Waals surface area contributed by atoms with Gasteiger partial charge in [0.15, 0.2) is 0 Å². The number of aryl methyl sites for hydroxylation is 1. The highest BCUT2D eigenvalue weighted by atomic mass is 15.2. The van der Waals surface area contributed by atoms with Crippen molar-refractivity contribution in [3.8, 4) is 0 Å². The number of hydrogen-bond donors (Lipinski definition) is 2. The number of nitrogens with two attached hydrogens (primary N) is 1. The molecular formula is C13H16N4. The molecule has 0 amide bonds. The van der Waals surface area contributed by atoms with Crippen LogP contribution in [0.3, 0.4) is 0 Å². The minimum atomic E-state index is -0.111. The van der Waals surface area contributed by atoms with Gasteiger partial charge in [0.1, 0.15) is 0 Å². The van der Waals surface area contributed by atoms with Crippen LogP contribution in [0.4, 0.5) is 0 Å². The third-order valence-electron chi connectivity index (χ3n) is 2.79. The van der Waals surface area contributed by atoms with Crippen LogP contribution < -0.4 is 11.3 Å². The van der Waals surface area contributed by atoms with Crippen LogP contribution in [-0.2, 0) is 6.42 Å². The molecule has 4 heteroatoms. The predicted octanol–water partition coefficient (Wildman–Crippen LogP) is 1.59. The average Bonchev–Trinajstić information content (AvgIpc) is 2.41. The lowest BCUT2D eigenvalue weighted by Crippen LogP contribution is -2.30. The van der Waals surface area contributed by atoms with E-state index in [1.165, 1.54) is 5.56 Å².